The molecular weight excluding hydrogens is 293 g/mol. The van der Waals surface area contributed by atoms with E-state index >= 15 is 0 Å². The van der Waals surface area contributed by atoms with E-state index < -0.39 is 21.8 Å². The zero-order valence-electron chi connectivity index (χ0n) is 9.29. The highest BCUT2D eigenvalue weighted by Gasteiger charge is 2.28. The van der Waals surface area contributed by atoms with E-state index in [4.69, 9.17) is 10.7 Å². The van der Waals surface area contributed by atoms with Crippen molar-refractivity contribution < 1.29 is 26.3 Å². The molecule has 0 aliphatic rings. The van der Waals surface area contributed by atoms with Crippen molar-refractivity contribution in [3.8, 4) is 5.75 Å². The van der Waals surface area contributed by atoms with E-state index in [1.54, 1.807) is 6.92 Å². The second kappa shape index (κ2) is 5.36. The van der Waals surface area contributed by atoms with Crippen LogP contribution < -0.4 is 4.74 Å². The van der Waals surface area contributed by atoms with Crippen LogP contribution in [-0.2, 0) is 15.5 Å². The maximum absolute atomic E-state index is 12.0. The molecule has 18 heavy (non-hydrogen) atoms. The van der Waals surface area contributed by atoms with Gasteiger partial charge in [-0.05, 0) is 30.2 Å². The smallest absolute Gasteiger partial charge is 0.422 e. The first kappa shape index (κ1) is 15.1. The minimum atomic E-state index is -4.44. The first-order valence-corrected chi connectivity index (χ1v) is 7.21. The van der Waals surface area contributed by atoms with Gasteiger partial charge in [0.1, 0.15) is 5.75 Å². The van der Waals surface area contributed by atoms with Crippen molar-refractivity contribution in [1.82, 2.24) is 0 Å². The summed E-state index contributed by atoms with van der Waals surface area (Å²) in [5.41, 5.74) is 0.348. The van der Waals surface area contributed by atoms with Gasteiger partial charge in [0.05, 0.1) is 4.90 Å². The van der Waals surface area contributed by atoms with Crippen molar-refractivity contribution in [1.29, 1.82) is 0 Å². The molecule has 0 aliphatic carbocycles. The van der Waals surface area contributed by atoms with Crippen LogP contribution in [0.2, 0.25) is 0 Å². The number of ether oxygens (including phenoxy) is 1. The Bertz CT molecular complexity index is 526. The SMILES string of the molecule is CCc1cc(S(=O)(=O)Cl)ccc1OCC(F)(F)F. The molecule has 0 radical (unpaired) electrons. The molecule has 0 unspecified atom stereocenters. The summed E-state index contributed by atoms with van der Waals surface area (Å²) in [5, 5.41) is 0. The molecule has 0 amide bonds. The summed E-state index contributed by atoms with van der Waals surface area (Å²) in [6.45, 7) is 0.243. The fourth-order valence-corrected chi connectivity index (χ4v) is 2.09. The van der Waals surface area contributed by atoms with E-state index in [9.17, 15) is 21.6 Å². The molecule has 0 spiro atoms. The molecule has 0 saturated heterocycles. The second-order valence-electron chi connectivity index (χ2n) is 3.46. The Kier molecular flexibility index (Phi) is 4.50. The molecule has 0 bridgehead atoms. The number of halogens is 4. The molecule has 1 aromatic rings. The van der Waals surface area contributed by atoms with Gasteiger partial charge in [0.2, 0.25) is 0 Å². The van der Waals surface area contributed by atoms with Crippen LogP contribution in [0.1, 0.15) is 12.5 Å². The van der Waals surface area contributed by atoms with Gasteiger partial charge in [-0.2, -0.15) is 13.2 Å². The van der Waals surface area contributed by atoms with E-state index in [1.165, 1.54) is 12.1 Å². The highest BCUT2D eigenvalue weighted by atomic mass is 35.7. The number of alkyl halides is 3. The first-order valence-electron chi connectivity index (χ1n) is 4.90. The molecule has 1 aromatic carbocycles. The van der Waals surface area contributed by atoms with E-state index in [2.05, 4.69) is 4.74 Å². The van der Waals surface area contributed by atoms with Crippen molar-refractivity contribution in [3.63, 3.8) is 0 Å². The summed E-state index contributed by atoms with van der Waals surface area (Å²) >= 11 is 0. The number of aryl methyl sites for hydroxylation is 1. The summed E-state index contributed by atoms with van der Waals surface area (Å²) in [6, 6.07) is 3.47. The van der Waals surface area contributed by atoms with Crippen molar-refractivity contribution in [2.45, 2.75) is 24.4 Å². The lowest BCUT2D eigenvalue weighted by Crippen LogP contribution is -2.19. The molecule has 0 heterocycles. The highest BCUT2D eigenvalue weighted by Crippen LogP contribution is 2.26. The minimum absolute atomic E-state index is 0.00103. The van der Waals surface area contributed by atoms with Gasteiger partial charge in [0.25, 0.3) is 9.05 Å². The Labute approximate surface area is 107 Å². The average Bonchev–Trinajstić information content (AvgIpc) is 2.23. The fourth-order valence-electron chi connectivity index (χ4n) is 1.28. The highest BCUT2D eigenvalue weighted by molar-refractivity contribution is 8.13. The van der Waals surface area contributed by atoms with Gasteiger partial charge < -0.3 is 4.74 Å². The molecule has 102 valence electrons. The number of hydrogen-bond acceptors (Lipinski definition) is 3. The van der Waals surface area contributed by atoms with Crippen LogP contribution in [0.25, 0.3) is 0 Å². The molecule has 0 aliphatic heterocycles. The van der Waals surface area contributed by atoms with Crippen LogP contribution in [-0.4, -0.2) is 21.2 Å². The number of benzene rings is 1. The maximum atomic E-state index is 12.0. The van der Waals surface area contributed by atoms with Crippen molar-refractivity contribution in [2.75, 3.05) is 6.61 Å². The second-order valence-corrected chi connectivity index (χ2v) is 6.03. The largest absolute Gasteiger partial charge is 0.484 e. The van der Waals surface area contributed by atoms with Gasteiger partial charge >= 0.3 is 6.18 Å². The Balaban J connectivity index is 3.01. The summed E-state index contributed by atoms with van der Waals surface area (Å²) in [7, 11) is 1.24. The maximum Gasteiger partial charge on any atom is 0.422 e. The lowest BCUT2D eigenvalue weighted by atomic mass is 10.1. The van der Waals surface area contributed by atoms with Gasteiger partial charge in [0, 0.05) is 10.7 Å². The predicted molar refractivity (Wildman–Crippen MR) is 60.4 cm³/mol. The zero-order chi connectivity index (χ0) is 14.0. The van der Waals surface area contributed by atoms with Crippen molar-refractivity contribution in [2.24, 2.45) is 0 Å². The van der Waals surface area contributed by atoms with Crippen molar-refractivity contribution in [3.05, 3.63) is 23.8 Å². The molecule has 0 atom stereocenters. The third-order valence-corrected chi connectivity index (χ3v) is 3.44. The van der Waals surface area contributed by atoms with Crippen LogP contribution in [0.4, 0.5) is 13.2 Å². The summed E-state index contributed by atoms with van der Waals surface area (Å²) in [4.78, 5) is -0.166. The third kappa shape index (κ3) is 4.38. The monoisotopic (exact) mass is 302 g/mol. The van der Waals surface area contributed by atoms with Crippen LogP contribution in [0, 0.1) is 0 Å². The topological polar surface area (TPSA) is 43.4 Å². The van der Waals surface area contributed by atoms with Crippen LogP contribution in [0.15, 0.2) is 23.1 Å². The molecule has 1 rings (SSSR count). The normalized spacial score (nSPS) is 12.5. The van der Waals surface area contributed by atoms with E-state index in [1.807, 2.05) is 0 Å². The van der Waals surface area contributed by atoms with E-state index in [-0.39, 0.29) is 10.6 Å². The van der Waals surface area contributed by atoms with E-state index in [0.29, 0.717) is 12.0 Å². The Morgan fingerprint density at radius 3 is 2.39 bits per heavy atom. The zero-order valence-corrected chi connectivity index (χ0v) is 10.9. The van der Waals surface area contributed by atoms with Gasteiger partial charge in [-0.1, -0.05) is 6.92 Å². The quantitative estimate of drug-likeness (QED) is 0.803. The van der Waals surface area contributed by atoms with Crippen LogP contribution in [0.3, 0.4) is 0 Å². The molecular formula is C10H10ClF3O3S. The average molecular weight is 303 g/mol. The third-order valence-electron chi connectivity index (χ3n) is 2.09. The van der Waals surface area contributed by atoms with Gasteiger partial charge in [0.15, 0.2) is 6.61 Å². The van der Waals surface area contributed by atoms with Gasteiger partial charge in [-0.3, -0.25) is 0 Å². The van der Waals surface area contributed by atoms with Gasteiger partial charge in [-0.25, -0.2) is 8.42 Å². The van der Waals surface area contributed by atoms with Crippen molar-refractivity contribution >= 4 is 19.7 Å². The first-order chi connectivity index (χ1) is 8.13. The van der Waals surface area contributed by atoms with Gasteiger partial charge in [-0.15, -0.1) is 0 Å². The molecule has 0 aromatic heterocycles. The summed E-state index contributed by atoms with van der Waals surface area (Å²) < 4.78 is 62.8. The lowest BCUT2D eigenvalue weighted by molar-refractivity contribution is -0.153. The molecule has 0 N–H and O–H groups in total. The van der Waals surface area contributed by atoms with Crippen LogP contribution >= 0.6 is 10.7 Å². The summed E-state index contributed by atoms with van der Waals surface area (Å²) in [6.07, 6.45) is -4.12. The Morgan fingerprint density at radius 1 is 1.33 bits per heavy atom. The Morgan fingerprint density at radius 2 is 1.94 bits per heavy atom. The molecule has 8 heteroatoms. The molecule has 3 nitrogen and oxygen atoms in total. The van der Waals surface area contributed by atoms with E-state index in [0.717, 1.165) is 6.07 Å². The minimum Gasteiger partial charge on any atom is -0.484 e. The number of hydrogen-bond donors (Lipinski definition) is 0. The summed E-state index contributed by atoms with van der Waals surface area (Å²) in [5.74, 6) is -0.00103. The van der Waals surface area contributed by atoms with Crippen LogP contribution in [0.5, 0.6) is 5.75 Å². The Hall–Kier alpha value is -0.950. The standard InChI is InChI=1S/C10H10ClF3O3S/c1-2-7-5-8(18(11,15)16)3-4-9(7)17-6-10(12,13)14/h3-5H,2,6H2,1H3. The number of rotatable bonds is 4. The predicted octanol–water partition coefficient (Wildman–Crippen LogP) is 3.12. The fraction of sp³-hybridized carbons (Fsp3) is 0.400. The lowest BCUT2D eigenvalue weighted by Gasteiger charge is -2.12. The molecule has 0 saturated carbocycles. The molecule has 0 fully saturated rings.